The van der Waals surface area contributed by atoms with Crippen LogP contribution in [0.1, 0.15) is 18.9 Å². The first-order chi connectivity index (χ1) is 5.83. The molecule has 0 saturated heterocycles. The van der Waals surface area contributed by atoms with E-state index in [-0.39, 0.29) is 47.0 Å². The van der Waals surface area contributed by atoms with Crippen LogP contribution in [0.15, 0.2) is 30.3 Å². The first kappa shape index (κ1) is 20.6. The largest absolute Gasteiger partial charge is 0.358 e. The quantitative estimate of drug-likeness (QED) is 0.849. The third-order valence-electron chi connectivity index (χ3n) is 1.88. The number of rotatable bonds is 4. The molecular formula is C12H19Co2N-2. The number of benzene rings is 1. The van der Waals surface area contributed by atoms with Crippen molar-refractivity contribution in [2.75, 3.05) is 0 Å². The van der Waals surface area contributed by atoms with Gasteiger partial charge in [0.25, 0.3) is 0 Å². The predicted octanol–water partition coefficient (Wildman–Crippen LogP) is 2.62. The van der Waals surface area contributed by atoms with Crippen molar-refractivity contribution < 1.29 is 33.6 Å². The van der Waals surface area contributed by atoms with E-state index in [0.717, 1.165) is 12.8 Å². The van der Waals surface area contributed by atoms with E-state index >= 15 is 0 Å². The van der Waals surface area contributed by atoms with E-state index < -0.39 is 0 Å². The Morgan fingerprint density at radius 2 is 1.73 bits per heavy atom. The van der Waals surface area contributed by atoms with E-state index in [1.54, 1.807) is 0 Å². The molecule has 0 heterocycles. The molecule has 1 aromatic rings. The monoisotopic (exact) mass is 295 g/mol. The molecule has 3 heteroatoms. The van der Waals surface area contributed by atoms with Crippen LogP contribution in [0, 0.1) is 13.8 Å². The van der Waals surface area contributed by atoms with E-state index in [2.05, 4.69) is 30.7 Å². The first-order valence-corrected chi connectivity index (χ1v) is 4.40. The Hall–Kier alpha value is 0.193. The zero-order valence-corrected chi connectivity index (χ0v) is 11.3. The fourth-order valence-electron chi connectivity index (χ4n) is 1.30. The van der Waals surface area contributed by atoms with Crippen LogP contribution in [-0.2, 0) is 40.0 Å². The average molecular weight is 295 g/mol. The number of hydrogen-bond acceptors (Lipinski definition) is 1. The van der Waals surface area contributed by atoms with Gasteiger partial charge in [-0.3, -0.25) is 0 Å². The summed E-state index contributed by atoms with van der Waals surface area (Å²) in [4.78, 5) is 0. The summed E-state index contributed by atoms with van der Waals surface area (Å²) >= 11 is 0. The summed E-state index contributed by atoms with van der Waals surface area (Å²) in [6.45, 7) is 2.05. The van der Waals surface area contributed by atoms with Crippen molar-refractivity contribution >= 4 is 0 Å². The van der Waals surface area contributed by atoms with Crippen LogP contribution in [0.4, 0.5) is 0 Å². The summed E-state index contributed by atoms with van der Waals surface area (Å²) in [6, 6.07) is 10.7. The molecule has 0 fully saturated rings. The zero-order valence-electron chi connectivity index (χ0n) is 9.20. The van der Waals surface area contributed by atoms with Gasteiger partial charge in [-0.25, -0.2) is 0 Å². The molecule has 2 radical (unpaired) electrons. The van der Waals surface area contributed by atoms with Gasteiger partial charge in [-0.2, -0.15) is 13.3 Å². The number of hydrogen-bond donors (Lipinski definition) is 1. The summed E-state index contributed by atoms with van der Waals surface area (Å²) in [5.74, 6) is 0. The Labute approximate surface area is 115 Å². The predicted molar refractivity (Wildman–Crippen MR) is 59.1 cm³/mol. The molecule has 1 rings (SSSR count). The Morgan fingerprint density at radius 1 is 1.20 bits per heavy atom. The zero-order chi connectivity index (χ0) is 8.81. The fraction of sp³-hybridized carbons (Fsp3) is 0.333. The van der Waals surface area contributed by atoms with E-state index in [4.69, 9.17) is 5.73 Å². The van der Waals surface area contributed by atoms with Crippen LogP contribution in [0.25, 0.3) is 0 Å². The van der Waals surface area contributed by atoms with Gasteiger partial charge in [-0.05, 0) is 18.0 Å². The average Bonchev–Trinajstić information content (AvgIpc) is 2.06. The smallest absolute Gasteiger partial charge is 0 e. The Kier molecular flexibility index (Phi) is 16.8. The maximum Gasteiger partial charge on any atom is 0 e. The minimum atomic E-state index is 0. The van der Waals surface area contributed by atoms with Crippen molar-refractivity contribution in [3.8, 4) is 0 Å². The molecular weight excluding hydrogens is 276 g/mol. The minimum Gasteiger partial charge on any atom is -0.358 e. The molecule has 15 heavy (non-hydrogen) atoms. The third kappa shape index (κ3) is 9.14. The molecule has 0 saturated carbocycles. The van der Waals surface area contributed by atoms with Crippen molar-refractivity contribution in [2.24, 2.45) is 5.73 Å². The molecule has 0 unspecified atom stereocenters. The minimum absolute atomic E-state index is 0. The third-order valence-corrected chi connectivity index (χ3v) is 1.88. The summed E-state index contributed by atoms with van der Waals surface area (Å²) in [5.41, 5.74) is 7.21. The summed E-state index contributed by atoms with van der Waals surface area (Å²) in [5, 5.41) is 0. The normalized spacial score (nSPS) is 10.3. The van der Waals surface area contributed by atoms with Crippen LogP contribution < -0.4 is 5.73 Å². The Bertz CT molecular complexity index is 214. The molecule has 2 N–H and O–H groups in total. The fourth-order valence-corrected chi connectivity index (χ4v) is 1.30. The van der Waals surface area contributed by atoms with Crippen molar-refractivity contribution in [3.63, 3.8) is 0 Å². The summed E-state index contributed by atoms with van der Waals surface area (Å²) < 4.78 is 0. The van der Waals surface area contributed by atoms with Crippen molar-refractivity contribution in [2.45, 2.75) is 25.8 Å². The second-order valence-corrected chi connectivity index (χ2v) is 3.09. The van der Waals surface area contributed by atoms with Crippen LogP contribution >= 0.6 is 0 Å². The standard InChI is InChI=1S/C11H16N.CH3.2Co/c1-2-6-11(12)9-10-7-4-3-5-8-10;;;/h2-5,7-8,11H,6,9,12H2,1H3;1H3;;/q2*-1;;/t11-;;;/m1.../s1. The second kappa shape index (κ2) is 12.3. The van der Waals surface area contributed by atoms with E-state index in [1.807, 2.05) is 13.0 Å². The van der Waals surface area contributed by atoms with Gasteiger partial charge < -0.3 is 19.6 Å². The number of nitrogens with two attached hydrogens (primary N) is 1. The topological polar surface area (TPSA) is 26.0 Å². The van der Waals surface area contributed by atoms with E-state index in [9.17, 15) is 0 Å². The molecule has 1 aromatic carbocycles. The molecule has 0 aliphatic carbocycles. The van der Waals surface area contributed by atoms with Gasteiger partial charge in [0.05, 0.1) is 0 Å². The molecule has 0 spiro atoms. The van der Waals surface area contributed by atoms with Gasteiger partial charge in [0.15, 0.2) is 0 Å². The van der Waals surface area contributed by atoms with Gasteiger partial charge in [0.1, 0.15) is 0 Å². The molecule has 0 amide bonds. The SMILES string of the molecule is C[CH-]C[C@@H](N)Cc1ccccc1.[CH3-].[Co].[Co]. The van der Waals surface area contributed by atoms with Crippen LogP contribution in [0.5, 0.6) is 0 Å². The van der Waals surface area contributed by atoms with Gasteiger partial charge in [-0.1, -0.05) is 30.3 Å². The molecule has 0 aromatic heterocycles. The summed E-state index contributed by atoms with van der Waals surface area (Å²) in [7, 11) is 0. The summed E-state index contributed by atoms with van der Waals surface area (Å²) in [6.07, 6.45) is 4.09. The van der Waals surface area contributed by atoms with E-state index in [1.165, 1.54) is 5.56 Å². The molecule has 0 aliphatic heterocycles. The van der Waals surface area contributed by atoms with Crippen LogP contribution in [0.2, 0.25) is 0 Å². The molecule has 0 bridgehead atoms. The molecule has 0 aliphatic rings. The van der Waals surface area contributed by atoms with Crippen LogP contribution in [0.3, 0.4) is 0 Å². The maximum absolute atomic E-state index is 5.88. The Balaban J connectivity index is -0.000000480. The van der Waals surface area contributed by atoms with Crippen molar-refractivity contribution in [3.05, 3.63) is 49.7 Å². The maximum atomic E-state index is 5.88. The van der Waals surface area contributed by atoms with Gasteiger partial charge >= 0.3 is 0 Å². The molecule has 1 atom stereocenters. The van der Waals surface area contributed by atoms with Gasteiger partial charge in [-0.15, -0.1) is 0 Å². The van der Waals surface area contributed by atoms with Crippen molar-refractivity contribution in [1.82, 2.24) is 0 Å². The van der Waals surface area contributed by atoms with Gasteiger partial charge in [0.2, 0.25) is 0 Å². The molecule has 1 nitrogen and oxygen atoms in total. The Morgan fingerprint density at radius 3 is 2.20 bits per heavy atom. The first-order valence-electron chi connectivity index (χ1n) is 4.40. The molecule has 92 valence electrons. The second-order valence-electron chi connectivity index (χ2n) is 3.09. The van der Waals surface area contributed by atoms with Gasteiger partial charge in [0, 0.05) is 33.6 Å². The van der Waals surface area contributed by atoms with Crippen LogP contribution in [-0.4, -0.2) is 6.04 Å². The van der Waals surface area contributed by atoms with Crippen molar-refractivity contribution in [1.29, 1.82) is 0 Å². The van der Waals surface area contributed by atoms with E-state index in [0.29, 0.717) is 0 Å².